The maximum Gasteiger partial charge on any atom is 0.338 e. The molecule has 5 heteroatoms. The molecule has 2 rings (SSSR count). The first-order chi connectivity index (χ1) is 11.5. The van der Waals surface area contributed by atoms with E-state index in [2.05, 4.69) is 5.32 Å². The zero-order valence-electron chi connectivity index (χ0n) is 13.6. The number of hydrogen-bond acceptors (Lipinski definition) is 4. The van der Waals surface area contributed by atoms with Crippen LogP contribution in [0.15, 0.2) is 48.5 Å². The molecule has 0 aliphatic carbocycles. The highest BCUT2D eigenvalue weighted by Gasteiger charge is 2.12. The molecule has 2 aromatic rings. The molecule has 0 aliphatic heterocycles. The first kappa shape index (κ1) is 17.4. The molecule has 24 heavy (non-hydrogen) atoms. The second-order valence-corrected chi connectivity index (χ2v) is 5.61. The van der Waals surface area contributed by atoms with Gasteiger partial charge in [0, 0.05) is 11.3 Å². The van der Waals surface area contributed by atoms with Crippen molar-refractivity contribution in [2.45, 2.75) is 19.8 Å². The topological polar surface area (TPSA) is 72.5 Å². The number of anilines is 1. The first-order valence-electron chi connectivity index (χ1n) is 7.62. The van der Waals surface area contributed by atoms with Crippen LogP contribution < -0.4 is 5.32 Å². The zero-order valence-corrected chi connectivity index (χ0v) is 13.6. The van der Waals surface area contributed by atoms with Gasteiger partial charge in [0.05, 0.1) is 5.56 Å². The maximum absolute atomic E-state index is 12.0. The van der Waals surface area contributed by atoms with Gasteiger partial charge in [-0.1, -0.05) is 44.2 Å². The number of hydrogen-bond donors (Lipinski definition) is 1. The molecule has 0 saturated heterocycles. The van der Waals surface area contributed by atoms with E-state index in [4.69, 9.17) is 4.74 Å². The number of aldehydes is 1. The predicted octanol–water partition coefficient (Wildman–Crippen LogP) is 3.42. The summed E-state index contributed by atoms with van der Waals surface area (Å²) in [6, 6.07) is 13.5. The largest absolute Gasteiger partial charge is 0.452 e. The van der Waals surface area contributed by atoms with Crippen LogP contribution in [-0.4, -0.2) is 24.8 Å². The molecule has 0 unspecified atom stereocenters. The molecule has 0 aliphatic rings. The van der Waals surface area contributed by atoms with Gasteiger partial charge in [0.2, 0.25) is 0 Å². The molecular weight excluding hydrogens is 306 g/mol. The van der Waals surface area contributed by atoms with Gasteiger partial charge < -0.3 is 10.1 Å². The highest BCUT2D eigenvalue weighted by Crippen LogP contribution is 2.23. The lowest BCUT2D eigenvalue weighted by molar-refractivity contribution is -0.119. The maximum atomic E-state index is 12.0. The third kappa shape index (κ3) is 4.52. The zero-order chi connectivity index (χ0) is 17.5. The predicted molar refractivity (Wildman–Crippen MR) is 91.3 cm³/mol. The fourth-order valence-corrected chi connectivity index (χ4v) is 2.21. The average Bonchev–Trinajstić information content (AvgIpc) is 2.60. The van der Waals surface area contributed by atoms with Crippen molar-refractivity contribution in [1.82, 2.24) is 0 Å². The number of nitrogens with one attached hydrogen (secondary N) is 1. The van der Waals surface area contributed by atoms with Crippen molar-refractivity contribution in [3.63, 3.8) is 0 Å². The van der Waals surface area contributed by atoms with E-state index in [1.165, 1.54) is 24.3 Å². The molecule has 124 valence electrons. The number of esters is 1. The molecule has 0 bridgehead atoms. The van der Waals surface area contributed by atoms with Gasteiger partial charge in [0.15, 0.2) is 6.61 Å². The van der Waals surface area contributed by atoms with E-state index >= 15 is 0 Å². The summed E-state index contributed by atoms with van der Waals surface area (Å²) in [6.07, 6.45) is 0.689. The molecule has 1 N–H and O–H groups in total. The highest BCUT2D eigenvalue weighted by atomic mass is 16.5. The molecule has 0 spiro atoms. The van der Waals surface area contributed by atoms with Crippen molar-refractivity contribution in [2.75, 3.05) is 11.9 Å². The normalized spacial score (nSPS) is 10.3. The van der Waals surface area contributed by atoms with E-state index in [1.54, 1.807) is 0 Å². The van der Waals surface area contributed by atoms with Crippen LogP contribution in [0, 0.1) is 0 Å². The molecule has 0 saturated carbocycles. The number of carbonyl (C=O) groups excluding carboxylic acids is 3. The van der Waals surface area contributed by atoms with Gasteiger partial charge >= 0.3 is 5.97 Å². The molecule has 5 nitrogen and oxygen atoms in total. The fraction of sp³-hybridized carbons (Fsp3) is 0.211. The fourth-order valence-electron chi connectivity index (χ4n) is 2.21. The molecule has 1 amide bonds. The second kappa shape index (κ2) is 8.06. The summed E-state index contributed by atoms with van der Waals surface area (Å²) in [5, 5.41) is 2.75. The van der Waals surface area contributed by atoms with E-state index in [-0.39, 0.29) is 18.1 Å². The lowest BCUT2D eigenvalue weighted by Gasteiger charge is -2.13. The minimum Gasteiger partial charge on any atom is -0.452 e. The van der Waals surface area contributed by atoms with Crippen molar-refractivity contribution in [2.24, 2.45) is 0 Å². The van der Waals surface area contributed by atoms with Crippen LogP contribution in [0.4, 0.5) is 5.69 Å². The Morgan fingerprint density at radius 2 is 1.75 bits per heavy atom. The van der Waals surface area contributed by atoms with Crippen LogP contribution in [0.2, 0.25) is 0 Å². The Labute approximate surface area is 140 Å². The van der Waals surface area contributed by atoms with E-state index in [9.17, 15) is 14.4 Å². The first-order valence-corrected chi connectivity index (χ1v) is 7.62. The van der Waals surface area contributed by atoms with Gasteiger partial charge in [0.25, 0.3) is 5.91 Å². The Bertz CT molecular complexity index is 735. The van der Waals surface area contributed by atoms with Crippen molar-refractivity contribution in [3.8, 4) is 0 Å². The van der Waals surface area contributed by atoms with Crippen LogP contribution in [0.5, 0.6) is 0 Å². The van der Waals surface area contributed by atoms with Crippen LogP contribution in [0.1, 0.15) is 46.0 Å². The third-order valence-corrected chi connectivity index (χ3v) is 3.47. The van der Waals surface area contributed by atoms with Crippen LogP contribution in [0.3, 0.4) is 0 Å². The summed E-state index contributed by atoms with van der Waals surface area (Å²) >= 11 is 0. The van der Waals surface area contributed by atoms with Gasteiger partial charge in [-0.15, -0.1) is 0 Å². The van der Waals surface area contributed by atoms with Gasteiger partial charge in [-0.2, -0.15) is 0 Å². The smallest absolute Gasteiger partial charge is 0.338 e. The molecule has 0 fully saturated rings. The van der Waals surface area contributed by atoms with E-state index < -0.39 is 11.9 Å². The average molecular weight is 325 g/mol. The summed E-state index contributed by atoms with van der Waals surface area (Å²) in [4.78, 5) is 34.5. The van der Waals surface area contributed by atoms with Gasteiger partial charge in [-0.3, -0.25) is 9.59 Å². The van der Waals surface area contributed by atoms with Crippen LogP contribution in [-0.2, 0) is 9.53 Å². The Morgan fingerprint density at radius 1 is 1.08 bits per heavy atom. The Kier molecular flexibility index (Phi) is 5.84. The molecule has 0 heterocycles. The van der Waals surface area contributed by atoms with Gasteiger partial charge in [-0.25, -0.2) is 4.79 Å². The number of para-hydroxylation sites is 1. The lowest BCUT2D eigenvalue weighted by atomic mass is 10.0. The molecular formula is C19H19NO4. The lowest BCUT2D eigenvalue weighted by Crippen LogP contribution is -2.21. The van der Waals surface area contributed by atoms with Crippen molar-refractivity contribution >= 4 is 23.9 Å². The summed E-state index contributed by atoms with van der Waals surface area (Å²) < 4.78 is 5.00. The molecule has 2 aromatic carbocycles. The van der Waals surface area contributed by atoms with E-state index in [1.807, 2.05) is 38.1 Å². The Balaban J connectivity index is 1.93. The third-order valence-electron chi connectivity index (χ3n) is 3.47. The number of rotatable bonds is 6. The van der Waals surface area contributed by atoms with Gasteiger partial charge in [-0.05, 0) is 29.7 Å². The summed E-state index contributed by atoms with van der Waals surface area (Å²) in [5.41, 5.74) is 2.48. The minimum absolute atomic E-state index is 0.264. The summed E-state index contributed by atoms with van der Waals surface area (Å²) in [7, 11) is 0. The Morgan fingerprint density at radius 3 is 2.38 bits per heavy atom. The quantitative estimate of drug-likeness (QED) is 0.652. The van der Waals surface area contributed by atoms with E-state index in [0.717, 1.165) is 5.56 Å². The van der Waals surface area contributed by atoms with Gasteiger partial charge in [0.1, 0.15) is 6.29 Å². The van der Waals surface area contributed by atoms with Crippen molar-refractivity contribution < 1.29 is 19.1 Å². The monoisotopic (exact) mass is 325 g/mol. The Hall–Kier alpha value is -2.95. The standard InChI is InChI=1S/C19H19NO4/c1-13(2)16-5-3-4-6-17(16)20-18(22)12-24-19(23)15-9-7-14(11-21)8-10-15/h3-11,13H,12H2,1-2H3,(H,20,22). The molecule has 0 atom stereocenters. The van der Waals surface area contributed by atoms with Crippen molar-refractivity contribution in [1.29, 1.82) is 0 Å². The number of amides is 1. The van der Waals surface area contributed by atoms with Crippen LogP contribution in [0.25, 0.3) is 0 Å². The number of carbonyl (C=O) groups is 3. The SMILES string of the molecule is CC(C)c1ccccc1NC(=O)COC(=O)c1ccc(C=O)cc1. The highest BCUT2D eigenvalue weighted by molar-refractivity contribution is 5.96. The molecule has 0 aromatic heterocycles. The second-order valence-electron chi connectivity index (χ2n) is 5.61. The molecule has 0 radical (unpaired) electrons. The van der Waals surface area contributed by atoms with Crippen molar-refractivity contribution in [3.05, 3.63) is 65.2 Å². The number of ether oxygens (including phenoxy) is 1. The van der Waals surface area contributed by atoms with Crippen LogP contribution >= 0.6 is 0 Å². The minimum atomic E-state index is -0.611. The summed E-state index contributed by atoms with van der Waals surface area (Å²) in [6.45, 7) is 3.70. The number of benzene rings is 2. The summed E-state index contributed by atoms with van der Waals surface area (Å²) in [5.74, 6) is -0.749. The van der Waals surface area contributed by atoms with E-state index in [0.29, 0.717) is 17.5 Å².